The first-order valence-electron chi connectivity index (χ1n) is 6.04. The van der Waals surface area contributed by atoms with E-state index in [-0.39, 0.29) is 5.82 Å². The van der Waals surface area contributed by atoms with Gasteiger partial charge in [0, 0.05) is 25.8 Å². The quantitative estimate of drug-likeness (QED) is 0.797. The Labute approximate surface area is 101 Å². The molecule has 0 atom stereocenters. The average Bonchev–Trinajstić information content (AvgIpc) is 2.38. The topological polar surface area (TPSA) is 30.5 Å². The zero-order chi connectivity index (χ0) is 11.9. The molecule has 1 aromatic carbocycles. The van der Waals surface area contributed by atoms with Crippen molar-refractivity contribution in [2.45, 2.75) is 18.9 Å². The van der Waals surface area contributed by atoms with Gasteiger partial charge in [-0.3, -0.25) is 0 Å². The lowest BCUT2D eigenvalue weighted by atomic mass is 10.1. The SMILES string of the molecule is Fc1ccc(OCCNC2CCOCC2)cc1. The Balaban J connectivity index is 1.60. The molecule has 1 fully saturated rings. The summed E-state index contributed by atoms with van der Waals surface area (Å²) in [6.45, 7) is 3.10. The third-order valence-corrected chi connectivity index (χ3v) is 2.84. The fourth-order valence-electron chi connectivity index (χ4n) is 1.86. The first-order valence-corrected chi connectivity index (χ1v) is 6.04. The first-order chi connectivity index (χ1) is 8.34. The van der Waals surface area contributed by atoms with Crippen LogP contribution in [0.5, 0.6) is 5.75 Å². The van der Waals surface area contributed by atoms with Gasteiger partial charge in [0.15, 0.2) is 0 Å². The van der Waals surface area contributed by atoms with E-state index in [2.05, 4.69) is 5.32 Å². The first kappa shape index (κ1) is 12.3. The molecule has 3 nitrogen and oxygen atoms in total. The van der Waals surface area contributed by atoms with Crippen LogP contribution in [0.15, 0.2) is 24.3 Å². The Morgan fingerprint density at radius 3 is 2.65 bits per heavy atom. The highest BCUT2D eigenvalue weighted by Crippen LogP contribution is 2.10. The summed E-state index contributed by atoms with van der Waals surface area (Å²) in [5, 5.41) is 3.42. The molecule has 0 bridgehead atoms. The molecule has 0 unspecified atom stereocenters. The molecular weight excluding hydrogens is 221 g/mol. The number of benzene rings is 1. The summed E-state index contributed by atoms with van der Waals surface area (Å²) >= 11 is 0. The number of hydrogen-bond donors (Lipinski definition) is 1. The molecule has 4 heteroatoms. The Bertz CT molecular complexity index is 323. The molecule has 94 valence electrons. The van der Waals surface area contributed by atoms with Crippen molar-refractivity contribution in [1.29, 1.82) is 0 Å². The second kappa shape index (κ2) is 6.57. The molecular formula is C13H18FNO2. The monoisotopic (exact) mass is 239 g/mol. The van der Waals surface area contributed by atoms with Gasteiger partial charge in [0.05, 0.1) is 0 Å². The molecule has 1 saturated heterocycles. The summed E-state index contributed by atoms with van der Waals surface area (Å²) in [5.74, 6) is 0.470. The molecule has 1 aromatic rings. The largest absolute Gasteiger partial charge is 0.492 e. The fourth-order valence-corrected chi connectivity index (χ4v) is 1.86. The highest BCUT2D eigenvalue weighted by atomic mass is 19.1. The van der Waals surface area contributed by atoms with Gasteiger partial charge < -0.3 is 14.8 Å². The van der Waals surface area contributed by atoms with Gasteiger partial charge in [-0.05, 0) is 37.1 Å². The van der Waals surface area contributed by atoms with Gasteiger partial charge in [-0.2, -0.15) is 0 Å². The minimum absolute atomic E-state index is 0.238. The highest BCUT2D eigenvalue weighted by molar-refractivity contribution is 5.21. The number of halogens is 1. The summed E-state index contributed by atoms with van der Waals surface area (Å²) in [6.07, 6.45) is 2.13. The summed E-state index contributed by atoms with van der Waals surface area (Å²) in [6, 6.07) is 6.64. The lowest BCUT2D eigenvalue weighted by Crippen LogP contribution is -2.37. The van der Waals surface area contributed by atoms with Crippen LogP contribution in [0, 0.1) is 5.82 Å². The van der Waals surface area contributed by atoms with Crippen molar-refractivity contribution in [1.82, 2.24) is 5.32 Å². The van der Waals surface area contributed by atoms with Crippen LogP contribution in [-0.2, 0) is 4.74 Å². The highest BCUT2D eigenvalue weighted by Gasteiger charge is 2.12. The standard InChI is InChI=1S/C13H18FNO2/c14-11-1-3-13(4-2-11)17-10-7-15-12-5-8-16-9-6-12/h1-4,12,15H,5-10H2. The third-order valence-electron chi connectivity index (χ3n) is 2.84. The molecule has 0 radical (unpaired) electrons. The van der Waals surface area contributed by atoms with Crippen LogP contribution in [0.3, 0.4) is 0 Å². The zero-order valence-electron chi connectivity index (χ0n) is 9.82. The Morgan fingerprint density at radius 2 is 1.94 bits per heavy atom. The van der Waals surface area contributed by atoms with Crippen molar-refractivity contribution in [2.75, 3.05) is 26.4 Å². The summed E-state index contributed by atoms with van der Waals surface area (Å²) in [5.41, 5.74) is 0. The van der Waals surface area contributed by atoms with Gasteiger partial charge in [0.25, 0.3) is 0 Å². The van der Waals surface area contributed by atoms with Crippen molar-refractivity contribution >= 4 is 0 Å². The van der Waals surface area contributed by atoms with Crippen LogP contribution in [0.1, 0.15) is 12.8 Å². The third kappa shape index (κ3) is 4.32. The maximum atomic E-state index is 12.6. The van der Waals surface area contributed by atoms with Crippen LogP contribution in [-0.4, -0.2) is 32.4 Å². The number of hydrogen-bond acceptors (Lipinski definition) is 3. The minimum atomic E-state index is -0.238. The van der Waals surface area contributed by atoms with E-state index in [0.717, 1.165) is 32.6 Å². The molecule has 1 aliphatic heterocycles. The average molecular weight is 239 g/mol. The van der Waals surface area contributed by atoms with Crippen LogP contribution >= 0.6 is 0 Å². The van der Waals surface area contributed by atoms with Crippen molar-refractivity contribution in [3.05, 3.63) is 30.1 Å². The second-order valence-corrected chi connectivity index (χ2v) is 4.14. The Kier molecular flexibility index (Phi) is 4.76. The molecule has 0 aromatic heterocycles. The molecule has 1 N–H and O–H groups in total. The van der Waals surface area contributed by atoms with Gasteiger partial charge in [-0.15, -0.1) is 0 Å². The molecule has 1 heterocycles. The maximum Gasteiger partial charge on any atom is 0.123 e. The predicted molar refractivity (Wildman–Crippen MR) is 63.7 cm³/mol. The van der Waals surface area contributed by atoms with Gasteiger partial charge in [-0.1, -0.05) is 0 Å². The molecule has 0 spiro atoms. The van der Waals surface area contributed by atoms with Gasteiger partial charge in [0.1, 0.15) is 18.2 Å². The van der Waals surface area contributed by atoms with Crippen molar-refractivity contribution in [3.63, 3.8) is 0 Å². The van der Waals surface area contributed by atoms with Crippen molar-refractivity contribution in [2.24, 2.45) is 0 Å². The maximum absolute atomic E-state index is 12.6. The smallest absolute Gasteiger partial charge is 0.123 e. The van der Waals surface area contributed by atoms with Gasteiger partial charge in [-0.25, -0.2) is 4.39 Å². The van der Waals surface area contributed by atoms with E-state index in [1.165, 1.54) is 12.1 Å². The Morgan fingerprint density at radius 1 is 1.24 bits per heavy atom. The second-order valence-electron chi connectivity index (χ2n) is 4.14. The van der Waals surface area contributed by atoms with E-state index in [1.807, 2.05) is 0 Å². The van der Waals surface area contributed by atoms with Crippen LogP contribution in [0.2, 0.25) is 0 Å². The van der Waals surface area contributed by atoms with Gasteiger partial charge >= 0.3 is 0 Å². The number of nitrogens with one attached hydrogen (secondary N) is 1. The van der Waals surface area contributed by atoms with E-state index >= 15 is 0 Å². The summed E-state index contributed by atoms with van der Waals surface area (Å²) in [7, 11) is 0. The van der Waals surface area contributed by atoms with E-state index in [9.17, 15) is 4.39 Å². The molecule has 2 rings (SSSR count). The molecule has 17 heavy (non-hydrogen) atoms. The van der Waals surface area contributed by atoms with Crippen molar-refractivity contribution in [3.8, 4) is 5.75 Å². The summed E-state index contributed by atoms with van der Waals surface area (Å²) < 4.78 is 23.4. The van der Waals surface area contributed by atoms with E-state index in [4.69, 9.17) is 9.47 Å². The predicted octanol–water partition coefficient (Wildman–Crippen LogP) is 1.97. The lowest BCUT2D eigenvalue weighted by molar-refractivity contribution is 0.0770. The zero-order valence-corrected chi connectivity index (χ0v) is 9.82. The van der Waals surface area contributed by atoms with Gasteiger partial charge in [0.2, 0.25) is 0 Å². The van der Waals surface area contributed by atoms with Crippen LogP contribution in [0.25, 0.3) is 0 Å². The molecule has 1 aliphatic rings. The van der Waals surface area contributed by atoms with Crippen LogP contribution in [0.4, 0.5) is 4.39 Å². The van der Waals surface area contributed by atoms with E-state index in [0.29, 0.717) is 18.4 Å². The number of ether oxygens (including phenoxy) is 2. The normalized spacial score (nSPS) is 17.0. The lowest BCUT2D eigenvalue weighted by Gasteiger charge is -2.23. The van der Waals surface area contributed by atoms with Crippen molar-refractivity contribution < 1.29 is 13.9 Å². The molecule has 0 amide bonds. The minimum Gasteiger partial charge on any atom is -0.492 e. The molecule has 0 aliphatic carbocycles. The molecule has 0 saturated carbocycles. The van der Waals surface area contributed by atoms with Crippen LogP contribution < -0.4 is 10.1 Å². The van der Waals surface area contributed by atoms with E-state index in [1.54, 1.807) is 12.1 Å². The summed E-state index contributed by atoms with van der Waals surface area (Å²) in [4.78, 5) is 0. The van der Waals surface area contributed by atoms with E-state index < -0.39 is 0 Å². The fraction of sp³-hybridized carbons (Fsp3) is 0.538. The Hall–Kier alpha value is -1.13. The number of rotatable bonds is 5.